The van der Waals surface area contributed by atoms with Crippen molar-refractivity contribution in [3.05, 3.63) is 34.9 Å². The maximum absolute atomic E-state index is 11.9. The van der Waals surface area contributed by atoms with Gasteiger partial charge < -0.3 is 0 Å². The predicted molar refractivity (Wildman–Crippen MR) is 98.7 cm³/mol. The van der Waals surface area contributed by atoms with E-state index in [-0.39, 0.29) is 17.7 Å². The quantitative estimate of drug-likeness (QED) is 0.833. The number of nitrogens with zero attached hydrogens (tertiary/aromatic N) is 1. The third-order valence-corrected chi connectivity index (χ3v) is 4.11. The average Bonchev–Trinajstić information content (AvgIpc) is 3.00. The van der Waals surface area contributed by atoms with Crippen LogP contribution in [0.25, 0.3) is 0 Å². The molecule has 1 aromatic rings. The highest BCUT2D eigenvalue weighted by atomic mass is 16.2. The van der Waals surface area contributed by atoms with E-state index in [1.54, 1.807) is 0 Å². The van der Waals surface area contributed by atoms with Crippen molar-refractivity contribution in [2.45, 2.75) is 72.9 Å². The van der Waals surface area contributed by atoms with Crippen LogP contribution in [0.1, 0.15) is 76.5 Å². The second kappa shape index (κ2) is 10.2. The largest absolute Gasteiger partial charge is 0.296 e. The van der Waals surface area contributed by atoms with Gasteiger partial charge in [0.2, 0.25) is 11.8 Å². The van der Waals surface area contributed by atoms with E-state index in [2.05, 4.69) is 43.1 Å². The van der Waals surface area contributed by atoms with Gasteiger partial charge in [-0.2, -0.15) is 0 Å². The molecule has 4 heteroatoms. The number of rotatable bonds is 2. The number of carbonyl (C=O) groups is 2. The third kappa shape index (κ3) is 5.17. The van der Waals surface area contributed by atoms with E-state index in [0.29, 0.717) is 12.8 Å². The fourth-order valence-electron chi connectivity index (χ4n) is 2.94. The Hall–Kier alpha value is -1.68. The average molecular weight is 332 g/mol. The van der Waals surface area contributed by atoms with Gasteiger partial charge in [-0.1, -0.05) is 59.2 Å². The molecule has 1 unspecified atom stereocenters. The topological polar surface area (TPSA) is 49.4 Å². The Balaban J connectivity index is 0.000000521. The lowest BCUT2D eigenvalue weighted by Gasteiger charge is -2.21. The van der Waals surface area contributed by atoms with Gasteiger partial charge in [0, 0.05) is 19.5 Å². The molecule has 1 fully saturated rings. The number of carbonyl (C=O) groups excluding carboxylic acids is 2. The van der Waals surface area contributed by atoms with Crippen LogP contribution in [0.4, 0.5) is 0 Å². The van der Waals surface area contributed by atoms with Gasteiger partial charge in [0.05, 0.1) is 5.92 Å². The zero-order chi connectivity index (χ0) is 18.1. The van der Waals surface area contributed by atoms with Crippen molar-refractivity contribution in [1.82, 2.24) is 10.2 Å². The molecule has 2 amide bonds. The van der Waals surface area contributed by atoms with Crippen molar-refractivity contribution in [1.29, 1.82) is 0 Å². The standard InChI is InChI=1S/C15H18N2O2.C3H8.C2H6/c1-2-17-8-11-4-3-10(7-12(11)9-17)13-5-6-14(18)16-15(13)19;1-3-2;1-2/h3-4,7,13H,2,5-6,8-9H2,1H3,(H,16,18,19);3H2,1-2H3;1-2H3. The summed E-state index contributed by atoms with van der Waals surface area (Å²) in [4.78, 5) is 25.4. The van der Waals surface area contributed by atoms with E-state index < -0.39 is 0 Å². The molecule has 0 saturated carbocycles. The van der Waals surface area contributed by atoms with E-state index in [1.165, 1.54) is 17.5 Å². The normalized spacial score (nSPS) is 19.5. The Morgan fingerprint density at radius 3 is 2.29 bits per heavy atom. The summed E-state index contributed by atoms with van der Waals surface area (Å²) in [5.41, 5.74) is 3.73. The number of fused-ring (bicyclic) bond motifs is 1. The van der Waals surface area contributed by atoms with Crippen LogP contribution in [0.15, 0.2) is 18.2 Å². The molecular weight excluding hydrogens is 300 g/mol. The minimum absolute atomic E-state index is 0.151. The lowest BCUT2D eigenvalue weighted by Crippen LogP contribution is -2.39. The van der Waals surface area contributed by atoms with Crippen LogP contribution >= 0.6 is 0 Å². The smallest absolute Gasteiger partial charge is 0.234 e. The van der Waals surface area contributed by atoms with Gasteiger partial charge in [-0.25, -0.2) is 0 Å². The molecular formula is C20H32N2O2. The Morgan fingerprint density at radius 2 is 1.71 bits per heavy atom. The lowest BCUT2D eigenvalue weighted by atomic mass is 9.89. The zero-order valence-corrected chi connectivity index (χ0v) is 15.8. The molecule has 0 aliphatic carbocycles. The molecule has 0 bridgehead atoms. The molecule has 2 heterocycles. The molecule has 0 aromatic heterocycles. The minimum atomic E-state index is -0.168. The SMILES string of the molecule is CC.CCC.CCN1Cc2ccc(C3CCC(=O)NC3=O)cc2C1. The maximum atomic E-state index is 11.9. The van der Waals surface area contributed by atoms with Crippen molar-refractivity contribution in [3.8, 4) is 0 Å². The number of piperidine rings is 1. The van der Waals surface area contributed by atoms with Gasteiger partial charge in [-0.3, -0.25) is 19.8 Å². The monoisotopic (exact) mass is 332 g/mol. The van der Waals surface area contributed by atoms with Crippen LogP contribution in [0.2, 0.25) is 0 Å². The number of hydrogen-bond acceptors (Lipinski definition) is 3. The molecule has 1 N–H and O–H groups in total. The number of imide groups is 1. The first kappa shape index (κ1) is 20.4. The fraction of sp³-hybridized carbons (Fsp3) is 0.600. The van der Waals surface area contributed by atoms with Crippen molar-refractivity contribution >= 4 is 11.8 Å². The van der Waals surface area contributed by atoms with Crippen LogP contribution in [-0.2, 0) is 22.7 Å². The first-order valence-electron chi connectivity index (χ1n) is 9.26. The molecule has 1 atom stereocenters. The summed E-state index contributed by atoms with van der Waals surface area (Å²) in [6, 6.07) is 6.31. The Labute approximate surface area is 146 Å². The molecule has 134 valence electrons. The first-order valence-corrected chi connectivity index (χ1v) is 9.26. The molecule has 1 aromatic carbocycles. The Bertz CT molecular complexity index is 555. The second-order valence-electron chi connectivity index (χ2n) is 6.04. The summed E-state index contributed by atoms with van der Waals surface area (Å²) in [6.45, 7) is 13.4. The van der Waals surface area contributed by atoms with Crippen molar-refractivity contribution in [2.24, 2.45) is 0 Å². The van der Waals surface area contributed by atoms with Crippen molar-refractivity contribution in [3.63, 3.8) is 0 Å². The van der Waals surface area contributed by atoms with Crippen LogP contribution in [0, 0.1) is 0 Å². The highest BCUT2D eigenvalue weighted by molar-refractivity contribution is 6.00. The highest BCUT2D eigenvalue weighted by Gasteiger charge is 2.29. The maximum Gasteiger partial charge on any atom is 0.234 e. The predicted octanol–water partition coefficient (Wildman–Crippen LogP) is 3.98. The molecule has 2 aliphatic rings. The van der Waals surface area contributed by atoms with Crippen LogP contribution in [0.3, 0.4) is 0 Å². The van der Waals surface area contributed by atoms with Gasteiger partial charge in [0.25, 0.3) is 0 Å². The van der Waals surface area contributed by atoms with Crippen molar-refractivity contribution < 1.29 is 9.59 Å². The van der Waals surface area contributed by atoms with E-state index in [1.807, 2.05) is 19.9 Å². The van der Waals surface area contributed by atoms with Gasteiger partial charge in [0.15, 0.2) is 0 Å². The molecule has 0 spiro atoms. The number of nitrogens with one attached hydrogen (secondary N) is 1. The third-order valence-electron chi connectivity index (χ3n) is 4.11. The number of amides is 2. The Kier molecular flexibility index (Phi) is 8.69. The molecule has 3 rings (SSSR count). The summed E-state index contributed by atoms with van der Waals surface area (Å²) < 4.78 is 0. The minimum Gasteiger partial charge on any atom is -0.296 e. The highest BCUT2D eigenvalue weighted by Crippen LogP contribution is 2.30. The van der Waals surface area contributed by atoms with Gasteiger partial charge >= 0.3 is 0 Å². The summed E-state index contributed by atoms with van der Waals surface area (Å²) in [5.74, 6) is -0.472. The molecule has 1 saturated heterocycles. The first-order chi connectivity index (χ1) is 11.6. The zero-order valence-electron chi connectivity index (χ0n) is 15.8. The van der Waals surface area contributed by atoms with E-state index in [0.717, 1.165) is 25.2 Å². The van der Waals surface area contributed by atoms with Gasteiger partial charge in [-0.15, -0.1) is 0 Å². The summed E-state index contributed by atoms with van der Waals surface area (Å²) in [7, 11) is 0. The number of hydrogen-bond donors (Lipinski definition) is 1. The van der Waals surface area contributed by atoms with E-state index >= 15 is 0 Å². The summed E-state index contributed by atoms with van der Waals surface area (Å²) >= 11 is 0. The van der Waals surface area contributed by atoms with Gasteiger partial charge in [-0.05, 0) is 29.7 Å². The van der Waals surface area contributed by atoms with Crippen molar-refractivity contribution in [2.75, 3.05) is 6.54 Å². The molecule has 2 aliphatic heterocycles. The molecule has 0 radical (unpaired) electrons. The summed E-state index contributed by atoms with van der Waals surface area (Å²) in [6.07, 6.45) is 2.32. The number of benzene rings is 1. The van der Waals surface area contributed by atoms with E-state index in [9.17, 15) is 9.59 Å². The molecule has 24 heavy (non-hydrogen) atoms. The molecule has 4 nitrogen and oxygen atoms in total. The Morgan fingerprint density at radius 1 is 1.08 bits per heavy atom. The fourth-order valence-corrected chi connectivity index (χ4v) is 2.94. The summed E-state index contributed by atoms with van der Waals surface area (Å²) in [5, 5.41) is 2.43. The van der Waals surface area contributed by atoms with Crippen LogP contribution in [-0.4, -0.2) is 23.3 Å². The lowest BCUT2D eigenvalue weighted by molar-refractivity contribution is -0.134. The van der Waals surface area contributed by atoms with E-state index in [4.69, 9.17) is 0 Å². The van der Waals surface area contributed by atoms with Crippen LogP contribution in [0.5, 0.6) is 0 Å². The second-order valence-corrected chi connectivity index (χ2v) is 6.04. The van der Waals surface area contributed by atoms with Crippen LogP contribution < -0.4 is 5.32 Å². The van der Waals surface area contributed by atoms with Gasteiger partial charge in [0.1, 0.15) is 0 Å².